The summed E-state index contributed by atoms with van der Waals surface area (Å²) in [6, 6.07) is 20.2. The van der Waals surface area contributed by atoms with Crippen LogP contribution in [0, 0.1) is 5.82 Å². The number of hydrogen-bond donors (Lipinski definition) is 1. The lowest BCUT2D eigenvalue weighted by molar-refractivity contribution is -0.139. The molecular weight excluding hydrogens is 494 g/mol. The fourth-order valence-corrected chi connectivity index (χ4v) is 4.65. The summed E-state index contributed by atoms with van der Waals surface area (Å²) >= 11 is 13.5. The van der Waals surface area contributed by atoms with Gasteiger partial charge in [-0.15, -0.1) is 11.8 Å². The monoisotopic (exact) mass is 518 g/mol. The molecule has 0 radical (unpaired) electrons. The number of likely N-dealkylation sites (N-methyl/N-ethyl adjacent to an activating group) is 1. The summed E-state index contributed by atoms with van der Waals surface area (Å²) in [7, 11) is 1.56. The number of nitrogens with one attached hydrogen (secondary N) is 1. The molecule has 0 fully saturated rings. The average molecular weight is 519 g/mol. The molecular formula is C26H25Cl2FN2O2S. The van der Waals surface area contributed by atoms with E-state index in [-0.39, 0.29) is 29.9 Å². The maximum absolute atomic E-state index is 13.4. The van der Waals surface area contributed by atoms with Gasteiger partial charge in [0.1, 0.15) is 11.9 Å². The van der Waals surface area contributed by atoms with E-state index in [0.29, 0.717) is 22.2 Å². The third kappa shape index (κ3) is 7.49. The highest BCUT2D eigenvalue weighted by Gasteiger charge is 2.29. The summed E-state index contributed by atoms with van der Waals surface area (Å²) in [5, 5.41) is 3.62. The van der Waals surface area contributed by atoms with Crippen molar-refractivity contribution in [1.82, 2.24) is 10.2 Å². The van der Waals surface area contributed by atoms with E-state index >= 15 is 0 Å². The van der Waals surface area contributed by atoms with E-state index in [1.807, 2.05) is 36.4 Å². The van der Waals surface area contributed by atoms with Crippen molar-refractivity contribution >= 4 is 46.8 Å². The van der Waals surface area contributed by atoms with E-state index in [1.54, 1.807) is 36.2 Å². The zero-order valence-electron chi connectivity index (χ0n) is 18.6. The highest BCUT2D eigenvalue weighted by Crippen LogP contribution is 2.25. The quantitative estimate of drug-likeness (QED) is 0.371. The smallest absolute Gasteiger partial charge is 0.242 e. The molecule has 4 nitrogen and oxygen atoms in total. The first kappa shape index (κ1) is 26.1. The van der Waals surface area contributed by atoms with Crippen LogP contribution in [0.5, 0.6) is 0 Å². The Balaban J connectivity index is 1.79. The zero-order chi connectivity index (χ0) is 24.5. The van der Waals surface area contributed by atoms with E-state index in [1.165, 1.54) is 23.9 Å². The Morgan fingerprint density at radius 1 is 0.941 bits per heavy atom. The van der Waals surface area contributed by atoms with Gasteiger partial charge < -0.3 is 10.2 Å². The molecule has 3 aromatic carbocycles. The zero-order valence-corrected chi connectivity index (χ0v) is 21.0. The summed E-state index contributed by atoms with van der Waals surface area (Å²) < 4.78 is 13.4. The van der Waals surface area contributed by atoms with E-state index in [2.05, 4.69) is 5.32 Å². The molecule has 1 N–H and O–H groups in total. The summed E-state index contributed by atoms with van der Waals surface area (Å²) in [5.74, 6) is -0.0567. The summed E-state index contributed by atoms with van der Waals surface area (Å²) in [5.41, 5.74) is 2.63. The van der Waals surface area contributed by atoms with Gasteiger partial charge in [0.2, 0.25) is 11.8 Å². The highest BCUT2D eigenvalue weighted by molar-refractivity contribution is 7.99. The minimum absolute atomic E-state index is 0.170. The van der Waals surface area contributed by atoms with Gasteiger partial charge in [-0.25, -0.2) is 4.39 Å². The average Bonchev–Trinajstić information content (AvgIpc) is 2.84. The van der Waals surface area contributed by atoms with Gasteiger partial charge in [-0.05, 0) is 41.0 Å². The van der Waals surface area contributed by atoms with E-state index in [4.69, 9.17) is 23.2 Å². The van der Waals surface area contributed by atoms with Crippen LogP contribution in [0.3, 0.4) is 0 Å². The van der Waals surface area contributed by atoms with Crippen LogP contribution in [0.2, 0.25) is 10.0 Å². The Morgan fingerprint density at radius 3 is 2.26 bits per heavy atom. The molecule has 0 aliphatic carbocycles. The van der Waals surface area contributed by atoms with Crippen LogP contribution >= 0.6 is 35.0 Å². The first-order valence-electron chi connectivity index (χ1n) is 10.7. The Hall–Kier alpha value is -2.54. The van der Waals surface area contributed by atoms with Crippen molar-refractivity contribution in [3.8, 4) is 0 Å². The number of nitrogens with zero attached hydrogens (tertiary/aromatic N) is 1. The molecule has 0 bridgehead atoms. The highest BCUT2D eigenvalue weighted by atomic mass is 35.5. The second kappa shape index (κ2) is 12.8. The molecule has 3 aromatic rings. The number of rotatable bonds is 10. The van der Waals surface area contributed by atoms with Crippen molar-refractivity contribution in [3.05, 3.63) is 105 Å². The molecule has 1 atom stereocenters. The number of halogens is 3. The lowest BCUT2D eigenvalue weighted by Crippen LogP contribution is -2.50. The number of carbonyl (C=O) groups excluding carboxylic acids is 2. The standard InChI is InChI=1S/C26H25Cl2FN2O2S/c1-30-26(33)24(14-18-5-3-2-4-6-18)31(15-19-7-10-21(29)11-8-19)25(32)17-34-16-20-9-12-22(27)23(28)13-20/h2-13,24H,14-17H2,1H3,(H,30,33)/t24-/m0/s1. The largest absolute Gasteiger partial charge is 0.357 e. The normalized spacial score (nSPS) is 11.6. The van der Waals surface area contributed by atoms with Crippen LogP contribution in [0.15, 0.2) is 72.8 Å². The number of benzene rings is 3. The van der Waals surface area contributed by atoms with Gasteiger partial charge in [-0.1, -0.05) is 71.7 Å². The fourth-order valence-electron chi connectivity index (χ4n) is 3.48. The van der Waals surface area contributed by atoms with Crippen molar-refractivity contribution in [2.75, 3.05) is 12.8 Å². The van der Waals surface area contributed by atoms with Crippen LogP contribution in [0.1, 0.15) is 16.7 Å². The third-order valence-corrected chi connectivity index (χ3v) is 6.99. The van der Waals surface area contributed by atoms with Crippen molar-refractivity contribution in [3.63, 3.8) is 0 Å². The van der Waals surface area contributed by atoms with Crippen LogP contribution < -0.4 is 5.32 Å². The van der Waals surface area contributed by atoms with Crippen molar-refractivity contribution in [2.24, 2.45) is 0 Å². The Bertz CT molecular complexity index is 1110. The number of amides is 2. The molecule has 8 heteroatoms. The molecule has 178 valence electrons. The summed E-state index contributed by atoms with van der Waals surface area (Å²) in [6.07, 6.45) is 0.366. The molecule has 0 aromatic heterocycles. The summed E-state index contributed by atoms with van der Waals surface area (Å²) in [6.45, 7) is 0.192. The Morgan fingerprint density at radius 2 is 1.62 bits per heavy atom. The predicted molar refractivity (Wildman–Crippen MR) is 138 cm³/mol. The van der Waals surface area contributed by atoms with Crippen LogP contribution in [0.25, 0.3) is 0 Å². The lowest BCUT2D eigenvalue weighted by Gasteiger charge is -2.31. The minimum Gasteiger partial charge on any atom is -0.357 e. The molecule has 0 heterocycles. The van der Waals surface area contributed by atoms with Gasteiger partial charge in [0, 0.05) is 25.8 Å². The second-order valence-corrected chi connectivity index (χ2v) is 9.51. The van der Waals surface area contributed by atoms with E-state index in [0.717, 1.165) is 16.7 Å². The van der Waals surface area contributed by atoms with E-state index < -0.39 is 6.04 Å². The maximum atomic E-state index is 13.4. The molecule has 0 unspecified atom stereocenters. The molecule has 2 amide bonds. The van der Waals surface area contributed by atoms with Crippen molar-refractivity contribution < 1.29 is 14.0 Å². The molecule has 0 saturated carbocycles. The molecule has 0 saturated heterocycles. The Labute approximate surface area is 213 Å². The number of carbonyl (C=O) groups is 2. The van der Waals surface area contributed by atoms with Gasteiger partial charge in [-0.3, -0.25) is 9.59 Å². The molecule has 0 aliphatic heterocycles. The van der Waals surface area contributed by atoms with Crippen molar-refractivity contribution in [2.45, 2.75) is 24.8 Å². The maximum Gasteiger partial charge on any atom is 0.242 e. The minimum atomic E-state index is -0.712. The fraction of sp³-hybridized carbons (Fsp3) is 0.231. The Kier molecular flexibility index (Phi) is 9.81. The predicted octanol–water partition coefficient (Wildman–Crippen LogP) is 5.75. The van der Waals surface area contributed by atoms with Gasteiger partial charge in [-0.2, -0.15) is 0 Å². The summed E-state index contributed by atoms with van der Waals surface area (Å²) in [4.78, 5) is 27.8. The lowest BCUT2D eigenvalue weighted by atomic mass is 10.0. The van der Waals surface area contributed by atoms with Crippen molar-refractivity contribution in [1.29, 1.82) is 0 Å². The number of hydrogen-bond acceptors (Lipinski definition) is 3. The number of thioether (sulfide) groups is 1. The second-order valence-electron chi connectivity index (χ2n) is 7.71. The van der Waals surface area contributed by atoms with Gasteiger partial charge in [0.25, 0.3) is 0 Å². The molecule has 3 rings (SSSR count). The first-order valence-corrected chi connectivity index (χ1v) is 12.6. The van der Waals surface area contributed by atoms with Gasteiger partial charge >= 0.3 is 0 Å². The van der Waals surface area contributed by atoms with Gasteiger partial charge in [0.05, 0.1) is 15.8 Å². The topological polar surface area (TPSA) is 49.4 Å². The molecule has 34 heavy (non-hydrogen) atoms. The van der Waals surface area contributed by atoms with Crippen LogP contribution in [0.4, 0.5) is 4.39 Å². The first-order chi connectivity index (χ1) is 16.4. The SMILES string of the molecule is CNC(=O)[C@H](Cc1ccccc1)N(Cc1ccc(F)cc1)C(=O)CSCc1ccc(Cl)c(Cl)c1. The molecule has 0 aliphatic rings. The van der Waals surface area contributed by atoms with Crippen LogP contribution in [-0.4, -0.2) is 35.6 Å². The third-order valence-electron chi connectivity index (χ3n) is 5.26. The van der Waals surface area contributed by atoms with Crippen LogP contribution in [-0.2, 0) is 28.3 Å². The van der Waals surface area contributed by atoms with E-state index in [9.17, 15) is 14.0 Å². The molecule has 0 spiro atoms. The van der Waals surface area contributed by atoms with Gasteiger partial charge in [0.15, 0.2) is 0 Å².